The molecule has 4 nitrogen and oxygen atoms in total. The second kappa shape index (κ2) is 212. The first-order valence-electron chi connectivity index (χ1n) is 0.471. The van der Waals surface area contributed by atoms with E-state index in [1.165, 1.54) is 0 Å². The van der Waals surface area contributed by atoms with Crippen molar-refractivity contribution in [2.24, 2.45) is 11.8 Å². The van der Waals surface area contributed by atoms with E-state index in [1.54, 1.807) is 0 Å². The van der Waals surface area contributed by atoms with Gasteiger partial charge in [-0.15, -0.1) is 12.4 Å². The number of rotatable bonds is 0. The molecule has 0 amide bonds. The molecule has 0 aromatic carbocycles. The average molecular weight is 207 g/mol. The van der Waals surface area contributed by atoms with Crippen LogP contribution in [0.4, 0.5) is 0 Å². The van der Waals surface area contributed by atoms with Crippen LogP contribution in [0.1, 0.15) is 0 Å². The Labute approximate surface area is 55.5 Å². The SMILES string of the molecule is Cl.N[O-].N[O-].[Pd+2]. The topological polar surface area (TPSA) is 98.2 Å². The van der Waals surface area contributed by atoms with Gasteiger partial charge >= 0.3 is 20.4 Å². The van der Waals surface area contributed by atoms with Crippen LogP contribution in [-0.2, 0) is 20.4 Å². The maximum absolute atomic E-state index is 7.75. The maximum atomic E-state index is 7.75. The standard InChI is InChI=1S/ClH.2H2NO.Pd/c;2*1-2;/h1H;2*1H2;/q;2*-1;+2. The van der Waals surface area contributed by atoms with Crippen LogP contribution in [0.2, 0.25) is 0 Å². The van der Waals surface area contributed by atoms with Crippen LogP contribution in [0.25, 0.3) is 0 Å². The third kappa shape index (κ3) is 110. The fourth-order valence-corrected chi connectivity index (χ4v) is 0. The Morgan fingerprint density at radius 3 is 0.833 bits per heavy atom. The molecule has 0 spiro atoms. The van der Waals surface area contributed by atoms with E-state index >= 15 is 0 Å². The van der Waals surface area contributed by atoms with Crippen molar-refractivity contribution in [3.05, 3.63) is 10.4 Å². The Bertz CT molecular complexity index is 11.5. The molecule has 0 saturated heterocycles. The van der Waals surface area contributed by atoms with E-state index in [9.17, 15) is 0 Å². The minimum atomic E-state index is 0. The first-order chi connectivity index (χ1) is 2.00. The van der Waals surface area contributed by atoms with Gasteiger partial charge in [0.1, 0.15) is 0 Å². The van der Waals surface area contributed by atoms with Crippen molar-refractivity contribution in [2.45, 2.75) is 0 Å². The third-order valence-electron chi connectivity index (χ3n) is 0. The first kappa shape index (κ1) is 29.2. The van der Waals surface area contributed by atoms with E-state index in [0.717, 1.165) is 0 Å². The molecule has 0 rings (SSSR count). The molecule has 0 radical (unpaired) electrons. The van der Waals surface area contributed by atoms with Crippen molar-refractivity contribution in [3.8, 4) is 0 Å². The Morgan fingerprint density at radius 1 is 0.833 bits per heavy atom. The second-order valence-electron chi connectivity index (χ2n) is 0. The van der Waals surface area contributed by atoms with E-state index in [4.69, 9.17) is 10.4 Å². The summed E-state index contributed by atoms with van der Waals surface area (Å²) in [7, 11) is 0. The summed E-state index contributed by atoms with van der Waals surface area (Å²) in [4.78, 5) is 0. The number of nitrogens with two attached hydrogens (primary N) is 2. The molecule has 0 aliphatic rings. The van der Waals surface area contributed by atoms with E-state index in [1.807, 2.05) is 0 Å². The van der Waals surface area contributed by atoms with Crippen LogP contribution in [-0.4, -0.2) is 0 Å². The summed E-state index contributed by atoms with van der Waals surface area (Å²) in [6.07, 6.45) is 0. The summed E-state index contributed by atoms with van der Waals surface area (Å²) in [5.74, 6) is 6.50. The zero-order chi connectivity index (χ0) is 4.00. The minimum absolute atomic E-state index is 0. The molecule has 6 heavy (non-hydrogen) atoms. The van der Waals surface area contributed by atoms with Gasteiger partial charge in [-0.1, -0.05) is 0 Å². The Kier molecular flexibility index (Phi) is 1030. The molecule has 0 bridgehead atoms. The van der Waals surface area contributed by atoms with Gasteiger partial charge in [0.2, 0.25) is 0 Å². The largest absolute Gasteiger partial charge is 2.00 e. The van der Waals surface area contributed by atoms with Crippen LogP contribution in [0.5, 0.6) is 0 Å². The number of halogens is 1. The van der Waals surface area contributed by atoms with Crippen molar-refractivity contribution in [1.82, 2.24) is 0 Å². The molecule has 0 heterocycles. The van der Waals surface area contributed by atoms with Crippen LogP contribution >= 0.6 is 12.4 Å². The normalized spacial score (nSPS) is 2.00. The quantitative estimate of drug-likeness (QED) is 0.405. The van der Waals surface area contributed by atoms with Gasteiger partial charge in [0, 0.05) is 0 Å². The summed E-state index contributed by atoms with van der Waals surface area (Å²) in [6, 6.07) is 0. The van der Waals surface area contributed by atoms with Crippen molar-refractivity contribution in [2.75, 3.05) is 0 Å². The first-order valence-corrected chi connectivity index (χ1v) is 0.471. The minimum Gasteiger partial charge on any atom is -0.790 e. The molecule has 0 aromatic rings. The zero-order valence-corrected chi connectivity index (χ0v) is 5.07. The van der Waals surface area contributed by atoms with E-state index < -0.39 is 0 Å². The van der Waals surface area contributed by atoms with E-state index in [-0.39, 0.29) is 32.8 Å². The van der Waals surface area contributed by atoms with Gasteiger partial charge in [-0.05, 0) is 0 Å². The summed E-state index contributed by atoms with van der Waals surface area (Å²) >= 11 is 0. The number of hydrogen-bond acceptors (Lipinski definition) is 4. The Hall–Kier alpha value is 0.792. The summed E-state index contributed by atoms with van der Waals surface area (Å²) in [6.45, 7) is 0. The third-order valence-corrected chi connectivity index (χ3v) is 0. The zero-order valence-electron chi connectivity index (χ0n) is 2.70. The van der Waals surface area contributed by atoms with E-state index in [0.29, 0.717) is 0 Å². The maximum Gasteiger partial charge on any atom is 2.00 e. The molecule has 44 valence electrons. The predicted molar refractivity (Wildman–Crippen MR) is 22.4 cm³/mol. The molecule has 0 aromatic heterocycles. The van der Waals surface area contributed by atoms with Crippen molar-refractivity contribution in [3.63, 3.8) is 0 Å². The van der Waals surface area contributed by atoms with Gasteiger partial charge in [0.15, 0.2) is 0 Å². The predicted octanol–water partition coefficient (Wildman–Crippen LogP) is -0.695. The fourth-order valence-electron chi connectivity index (χ4n) is 0. The van der Waals surface area contributed by atoms with Crippen molar-refractivity contribution < 1.29 is 20.4 Å². The monoisotopic (exact) mass is 206 g/mol. The van der Waals surface area contributed by atoms with Gasteiger partial charge in [0.05, 0.1) is 0 Å². The van der Waals surface area contributed by atoms with Crippen LogP contribution < -0.4 is 11.8 Å². The van der Waals surface area contributed by atoms with Gasteiger partial charge < -0.3 is 22.2 Å². The molecule has 4 N–H and O–H groups in total. The molecule has 0 saturated carbocycles. The van der Waals surface area contributed by atoms with E-state index in [2.05, 4.69) is 11.8 Å². The smallest absolute Gasteiger partial charge is 0.790 e. The average Bonchev–Trinajstić information content (AvgIpc) is 1.50. The van der Waals surface area contributed by atoms with Gasteiger partial charge in [0.25, 0.3) is 0 Å². The molecule has 0 aliphatic carbocycles. The van der Waals surface area contributed by atoms with Crippen LogP contribution in [0, 0.1) is 10.4 Å². The summed E-state index contributed by atoms with van der Waals surface area (Å²) in [5, 5.41) is 15.5. The van der Waals surface area contributed by atoms with Crippen molar-refractivity contribution >= 4 is 12.4 Å². The van der Waals surface area contributed by atoms with Crippen LogP contribution in [0.3, 0.4) is 0 Å². The van der Waals surface area contributed by atoms with Gasteiger partial charge in [-0.2, -0.15) is 0 Å². The Morgan fingerprint density at radius 2 is 0.833 bits per heavy atom. The Balaban J connectivity index is -0.00000000500. The van der Waals surface area contributed by atoms with Crippen LogP contribution in [0.15, 0.2) is 0 Å². The number of hydrogen-bond donors (Lipinski definition) is 2. The van der Waals surface area contributed by atoms with Gasteiger partial charge in [-0.25, -0.2) is 0 Å². The molecule has 0 aliphatic heterocycles. The van der Waals surface area contributed by atoms with Gasteiger partial charge in [-0.3, -0.25) is 0 Å². The molecular weight excluding hydrogens is 202 g/mol. The van der Waals surface area contributed by atoms with Crippen molar-refractivity contribution in [1.29, 1.82) is 0 Å². The fraction of sp³-hybridized carbons (Fsp3) is 0. The summed E-state index contributed by atoms with van der Waals surface area (Å²) < 4.78 is 0. The molecule has 0 unspecified atom stereocenters. The summed E-state index contributed by atoms with van der Waals surface area (Å²) in [5.41, 5.74) is 0. The molecule has 6 heteroatoms. The second-order valence-corrected chi connectivity index (χ2v) is 0. The molecule has 0 fully saturated rings. The molecule has 0 atom stereocenters. The molecular formula is H5ClN2O2Pd.